The fourth-order valence-electron chi connectivity index (χ4n) is 2.04. The molecule has 1 rings (SSSR count). The number of benzene rings is 1. The molecule has 9 heteroatoms. The minimum absolute atomic E-state index is 0.0200. The lowest BCUT2D eigenvalue weighted by molar-refractivity contribution is 0.157. The molecule has 0 aliphatic carbocycles. The highest BCUT2D eigenvalue weighted by Gasteiger charge is 2.03. The molecule has 1 aromatic rings. The smallest absolute Gasteiger partial charge is 0.195 e. The minimum atomic E-state index is -3.00. The Hall–Kier alpha value is -1.84. The first kappa shape index (κ1) is 23.2. The van der Waals surface area contributed by atoms with E-state index in [1.165, 1.54) is 6.26 Å². The summed E-state index contributed by atoms with van der Waals surface area (Å²) in [6.07, 6.45) is 2.02. The number of rotatable bonds is 13. The summed E-state index contributed by atoms with van der Waals surface area (Å²) in [7, 11) is -1.33. The van der Waals surface area contributed by atoms with Crippen LogP contribution in [0.3, 0.4) is 0 Å². The lowest BCUT2D eigenvalue weighted by Crippen LogP contribution is -2.31. The van der Waals surface area contributed by atoms with Crippen LogP contribution in [0.5, 0.6) is 5.75 Å². The predicted octanol–water partition coefficient (Wildman–Crippen LogP) is 1.54. The third kappa shape index (κ3) is 12.2. The van der Waals surface area contributed by atoms with Crippen molar-refractivity contribution in [3.05, 3.63) is 24.3 Å². The molecule has 0 bridgehead atoms. The molecule has 0 aliphatic heterocycles. The first-order chi connectivity index (χ1) is 12.9. The number of aliphatic imine (C=N–C) groups is 1. The summed E-state index contributed by atoms with van der Waals surface area (Å²) >= 11 is 0. The Kier molecular flexibility index (Phi) is 11.5. The number of hydrogen-bond acceptors (Lipinski definition) is 6. The Balaban J connectivity index is 2.48. The quantitative estimate of drug-likeness (QED) is 0.294. The van der Waals surface area contributed by atoms with E-state index in [-0.39, 0.29) is 12.4 Å². The monoisotopic (exact) mass is 401 g/mol. The molecule has 8 nitrogen and oxygen atoms in total. The Labute approximate surface area is 162 Å². The zero-order valence-electron chi connectivity index (χ0n) is 16.4. The van der Waals surface area contributed by atoms with Gasteiger partial charge in [-0.05, 0) is 19.1 Å². The molecular weight excluding hydrogens is 370 g/mol. The minimum Gasteiger partial charge on any atom is -0.493 e. The average Bonchev–Trinajstić information content (AvgIpc) is 2.61. The molecule has 154 valence electrons. The van der Waals surface area contributed by atoms with Gasteiger partial charge in [0.2, 0.25) is 0 Å². The fraction of sp³-hybridized carbons (Fsp3) is 0.611. The number of sulfone groups is 1. The molecule has 0 aromatic heterocycles. The second kappa shape index (κ2) is 13.3. The predicted molar refractivity (Wildman–Crippen MR) is 109 cm³/mol. The van der Waals surface area contributed by atoms with Crippen molar-refractivity contribution in [2.75, 3.05) is 64.0 Å². The van der Waals surface area contributed by atoms with Crippen molar-refractivity contribution in [3.8, 4) is 5.75 Å². The summed E-state index contributed by atoms with van der Waals surface area (Å²) in [5.74, 6) is 1.42. The Morgan fingerprint density at radius 1 is 1.19 bits per heavy atom. The van der Waals surface area contributed by atoms with E-state index in [0.717, 1.165) is 17.9 Å². The third-order valence-electron chi connectivity index (χ3n) is 3.31. The van der Waals surface area contributed by atoms with Crippen molar-refractivity contribution in [2.24, 2.45) is 4.99 Å². The number of hydrogen-bond donors (Lipinski definition) is 2. The second-order valence-electron chi connectivity index (χ2n) is 5.85. The molecule has 0 spiro atoms. The Morgan fingerprint density at radius 3 is 2.70 bits per heavy atom. The molecule has 0 radical (unpaired) electrons. The number of nitrogens with zero attached hydrogens (tertiary/aromatic N) is 1. The van der Waals surface area contributed by atoms with Gasteiger partial charge in [-0.25, -0.2) is 8.42 Å². The van der Waals surface area contributed by atoms with Crippen LogP contribution >= 0.6 is 0 Å². The molecule has 0 aliphatic rings. The largest absolute Gasteiger partial charge is 0.493 e. The molecule has 1 aromatic carbocycles. The summed E-state index contributed by atoms with van der Waals surface area (Å²) in [6.45, 7) is 4.92. The molecule has 0 atom stereocenters. The lowest BCUT2D eigenvalue weighted by Gasteiger charge is -2.13. The van der Waals surface area contributed by atoms with Crippen LogP contribution in [0.15, 0.2) is 29.3 Å². The SMILES string of the molecule is CCNC(=NCCOCCS(C)(=O)=O)Nc1cccc(OCCCOC)c1. The van der Waals surface area contributed by atoms with Crippen LogP contribution in [0, 0.1) is 0 Å². The van der Waals surface area contributed by atoms with Gasteiger partial charge in [-0.1, -0.05) is 6.07 Å². The molecule has 0 unspecified atom stereocenters. The highest BCUT2D eigenvalue weighted by atomic mass is 32.2. The summed E-state index contributed by atoms with van der Waals surface area (Å²) < 4.78 is 38.1. The van der Waals surface area contributed by atoms with E-state index in [4.69, 9.17) is 14.2 Å². The van der Waals surface area contributed by atoms with Crippen LogP contribution in [0.4, 0.5) is 5.69 Å². The molecular formula is C18H31N3O5S. The molecule has 0 fully saturated rings. The van der Waals surface area contributed by atoms with E-state index in [0.29, 0.717) is 38.9 Å². The first-order valence-electron chi connectivity index (χ1n) is 8.97. The van der Waals surface area contributed by atoms with Gasteiger partial charge in [0.1, 0.15) is 15.6 Å². The number of methoxy groups -OCH3 is 1. The second-order valence-corrected chi connectivity index (χ2v) is 8.11. The van der Waals surface area contributed by atoms with Crippen LogP contribution in [0.25, 0.3) is 0 Å². The van der Waals surface area contributed by atoms with Gasteiger partial charge in [0.25, 0.3) is 0 Å². The molecule has 0 saturated heterocycles. The molecule has 0 saturated carbocycles. The Bertz CT molecular complexity index is 665. The van der Waals surface area contributed by atoms with E-state index in [1.807, 2.05) is 31.2 Å². The topological polar surface area (TPSA) is 98.3 Å². The third-order valence-corrected chi connectivity index (χ3v) is 4.21. The first-order valence-corrected chi connectivity index (χ1v) is 11.0. The highest BCUT2D eigenvalue weighted by Crippen LogP contribution is 2.17. The van der Waals surface area contributed by atoms with E-state index >= 15 is 0 Å². The van der Waals surface area contributed by atoms with Gasteiger partial charge in [0, 0.05) is 44.7 Å². The summed E-state index contributed by atoms with van der Waals surface area (Å²) in [5, 5.41) is 6.38. The average molecular weight is 402 g/mol. The molecule has 2 N–H and O–H groups in total. The standard InChI is InChI=1S/C18H31N3O5S/c1-4-19-18(20-9-12-25-13-14-27(3,22)23)21-16-7-5-8-17(15-16)26-11-6-10-24-2/h5,7-8,15H,4,6,9-14H2,1-3H3,(H2,19,20,21). The lowest BCUT2D eigenvalue weighted by atomic mass is 10.3. The number of ether oxygens (including phenoxy) is 3. The van der Waals surface area contributed by atoms with E-state index in [2.05, 4.69) is 15.6 Å². The van der Waals surface area contributed by atoms with E-state index in [9.17, 15) is 8.42 Å². The van der Waals surface area contributed by atoms with Crippen molar-refractivity contribution in [2.45, 2.75) is 13.3 Å². The van der Waals surface area contributed by atoms with Crippen molar-refractivity contribution in [1.29, 1.82) is 0 Å². The van der Waals surface area contributed by atoms with Crippen molar-refractivity contribution < 1.29 is 22.6 Å². The van der Waals surface area contributed by atoms with Gasteiger partial charge < -0.3 is 24.8 Å². The summed E-state index contributed by atoms with van der Waals surface area (Å²) in [4.78, 5) is 4.42. The van der Waals surface area contributed by atoms with Crippen LogP contribution in [-0.4, -0.2) is 73.0 Å². The normalized spacial score (nSPS) is 12.0. The van der Waals surface area contributed by atoms with Crippen LogP contribution in [-0.2, 0) is 19.3 Å². The maximum atomic E-state index is 11.0. The van der Waals surface area contributed by atoms with Crippen molar-refractivity contribution in [1.82, 2.24) is 5.32 Å². The van der Waals surface area contributed by atoms with Gasteiger partial charge >= 0.3 is 0 Å². The molecule has 0 heterocycles. The highest BCUT2D eigenvalue weighted by molar-refractivity contribution is 7.90. The molecule has 0 amide bonds. The maximum Gasteiger partial charge on any atom is 0.195 e. The van der Waals surface area contributed by atoms with Gasteiger partial charge in [-0.15, -0.1) is 0 Å². The summed E-state index contributed by atoms with van der Waals surface area (Å²) in [5.41, 5.74) is 0.858. The van der Waals surface area contributed by atoms with Gasteiger partial charge in [0.05, 0.1) is 32.1 Å². The fourth-order valence-corrected chi connectivity index (χ4v) is 2.46. The zero-order chi connectivity index (χ0) is 20.0. The van der Waals surface area contributed by atoms with Crippen LogP contribution in [0.2, 0.25) is 0 Å². The van der Waals surface area contributed by atoms with Crippen LogP contribution < -0.4 is 15.4 Å². The maximum absolute atomic E-state index is 11.0. The van der Waals surface area contributed by atoms with Crippen molar-refractivity contribution in [3.63, 3.8) is 0 Å². The Morgan fingerprint density at radius 2 is 2.00 bits per heavy atom. The zero-order valence-corrected chi connectivity index (χ0v) is 17.2. The van der Waals surface area contributed by atoms with Crippen LogP contribution in [0.1, 0.15) is 13.3 Å². The van der Waals surface area contributed by atoms with Gasteiger partial charge in [0.15, 0.2) is 5.96 Å². The number of anilines is 1. The summed E-state index contributed by atoms with van der Waals surface area (Å²) in [6, 6.07) is 7.64. The van der Waals surface area contributed by atoms with E-state index < -0.39 is 9.84 Å². The molecule has 27 heavy (non-hydrogen) atoms. The van der Waals surface area contributed by atoms with Gasteiger partial charge in [-0.3, -0.25) is 4.99 Å². The van der Waals surface area contributed by atoms with Crippen molar-refractivity contribution >= 4 is 21.5 Å². The van der Waals surface area contributed by atoms with E-state index in [1.54, 1.807) is 7.11 Å². The van der Waals surface area contributed by atoms with Gasteiger partial charge in [-0.2, -0.15) is 0 Å². The number of nitrogens with one attached hydrogen (secondary N) is 2. The number of guanidine groups is 1.